The minimum absolute atomic E-state index is 0. The summed E-state index contributed by atoms with van der Waals surface area (Å²) in [7, 11) is 4.00. The summed E-state index contributed by atoms with van der Waals surface area (Å²) in [5.74, 6) is 0. The second-order valence-corrected chi connectivity index (χ2v) is 1.64. The van der Waals surface area contributed by atoms with Crippen molar-refractivity contribution in [3.05, 3.63) is 52.1 Å². The molecular weight excluding hydrogens is 280 g/mol. The van der Waals surface area contributed by atoms with E-state index in [9.17, 15) is 0 Å². The Morgan fingerprint density at radius 3 is 1.11 bits per heavy atom. The van der Waals surface area contributed by atoms with Gasteiger partial charge in [-0.15, -0.1) is 12.7 Å². The first-order chi connectivity index (χ1) is 8.30. The van der Waals surface area contributed by atoms with E-state index in [0.717, 1.165) is 0 Å². The van der Waals surface area contributed by atoms with Crippen molar-refractivity contribution >= 4 is 0 Å². The third kappa shape index (κ3) is 36.5. The van der Waals surface area contributed by atoms with Crippen LogP contribution in [0.1, 0.15) is 0 Å². The normalized spacial score (nSPS) is 8.56. The van der Waals surface area contributed by atoms with Gasteiger partial charge in [0.15, 0.2) is 0 Å². The third-order valence-corrected chi connectivity index (χ3v) is 1.10. The number of rotatable bonds is 0. The monoisotopic (exact) mass is 289 g/mol. The molecule has 0 radical (unpaired) electrons. The number of hydrogen-bond donors (Lipinski definition) is 0. The number of hydrogen-bond acceptors (Lipinski definition) is 2. The molecule has 0 aromatic rings. The Labute approximate surface area is 117 Å². The van der Waals surface area contributed by atoms with Gasteiger partial charge in [-0.1, -0.05) is 0 Å². The van der Waals surface area contributed by atoms with E-state index in [1.165, 1.54) is 0 Å². The van der Waals surface area contributed by atoms with Crippen LogP contribution >= 0.6 is 0 Å². The Balaban J connectivity index is -0.0000000285. The standard InChI is InChI=1S/C5H9N2.5CO.Cr/c1-6-4-3-5-7(6)2;5*1-2;/h3-5H,1-2H3;;;;;;/q-1;;;;;;. The Kier molecular flexibility index (Phi) is 115. The van der Waals surface area contributed by atoms with Crippen molar-refractivity contribution in [3.8, 4) is 0 Å². The maximum absolute atomic E-state index is 7.50. The van der Waals surface area contributed by atoms with E-state index >= 15 is 0 Å². The summed E-state index contributed by atoms with van der Waals surface area (Å²) in [5.41, 5.74) is 0. The molecule has 1 aliphatic rings. The SMILES string of the molecule is CN1C=C[CH-]N1C.[C-]#[O+].[C-]#[O+].[C-]#[O+].[C-]#[O+].[C-]#[O+].[Cr]. The van der Waals surface area contributed by atoms with Crippen LogP contribution in [0.2, 0.25) is 0 Å². The summed E-state index contributed by atoms with van der Waals surface area (Å²) in [6.45, 7) is 24.5. The van der Waals surface area contributed by atoms with Crippen LogP contribution in [0.25, 0.3) is 0 Å². The first-order valence-electron chi connectivity index (χ1n) is 3.30. The molecule has 0 aliphatic carbocycles. The van der Waals surface area contributed by atoms with Crippen molar-refractivity contribution < 1.29 is 40.6 Å². The Hall–Kier alpha value is -1.40. The average Bonchev–Trinajstić information content (AvgIpc) is 2.85. The smallest absolute Gasteiger partial charge is 0 e. The largest absolute Gasteiger partial charge is 0 e. The Bertz CT molecular complexity index is 222. The van der Waals surface area contributed by atoms with Gasteiger partial charge >= 0.3 is 56.5 Å². The molecule has 0 atom stereocenters. The molecule has 0 saturated carbocycles. The van der Waals surface area contributed by atoms with Gasteiger partial charge in [-0.3, -0.25) is 5.01 Å². The molecule has 0 spiro atoms. The maximum Gasteiger partial charge on any atom is 0 e. The molecule has 8 heteroatoms. The summed E-state index contributed by atoms with van der Waals surface area (Å²) in [4.78, 5) is 0. The molecule has 0 unspecified atom stereocenters. The van der Waals surface area contributed by atoms with Gasteiger partial charge in [-0.25, -0.2) is 0 Å². The second kappa shape index (κ2) is 57.6. The summed E-state index contributed by atoms with van der Waals surface area (Å²) < 4.78 is 37.5. The van der Waals surface area contributed by atoms with E-state index in [2.05, 4.69) is 33.3 Å². The molecule has 18 heavy (non-hydrogen) atoms. The van der Waals surface area contributed by atoms with Crippen LogP contribution in [-0.2, 0) is 40.6 Å². The first kappa shape index (κ1) is 36.0. The molecular formula is C10H9CrN2O5-. The molecule has 0 saturated heterocycles. The van der Waals surface area contributed by atoms with Crippen molar-refractivity contribution in [3.63, 3.8) is 0 Å². The van der Waals surface area contributed by atoms with Gasteiger partial charge in [-0.2, -0.15) is 6.08 Å². The van der Waals surface area contributed by atoms with Crippen LogP contribution in [0.4, 0.5) is 0 Å². The average molecular weight is 289 g/mol. The Morgan fingerprint density at radius 1 is 0.778 bits per heavy atom. The molecule has 7 nitrogen and oxygen atoms in total. The molecule has 1 heterocycles. The van der Waals surface area contributed by atoms with E-state index in [4.69, 9.17) is 23.3 Å². The predicted octanol–water partition coefficient (Wildman–Crippen LogP) is 0.264. The van der Waals surface area contributed by atoms with E-state index in [1.807, 2.05) is 42.9 Å². The first-order valence-corrected chi connectivity index (χ1v) is 3.30. The van der Waals surface area contributed by atoms with E-state index in [0.29, 0.717) is 0 Å². The molecule has 1 aliphatic heterocycles. The topological polar surface area (TPSA) is 106 Å². The van der Waals surface area contributed by atoms with Gasteiger partial charge in [0.2, 0.25) is 0 Å². The van der Waals surface area contributed by atoms with Crippen molar-refractivity contribution in [2.45, 2.75) is 0 Å². The summed E-state index contributed by atoms with van der Waals surface area (Å²) >= 11 is 0. The van der Waals surface area contributed by atoms with Gasteiger partial charge in [-0.05, 0) is 7.05 Å². The number of hydrazine groups is 1. The predicted molar refractivity (Wildman–Crippen MR) is 48.6 cm³/mol. The van der Waals surface area contributed by atoms with Crippen LogP contribution in [0.5, 0.6) is 0 Å². The Morgan fingerprint density at radius 2 is 1.06 bits per heavy atom. The van der Waals surface area contributed by atoms with Gasteiger partial charge in [0.05, 0.1) is 0 Å². The third-order valence-electron chi connectivity index (χ3n) is 1.10. The van der Waals surface area contributed by atoms with Crippen molar-refractivity contribution in [1.29, 1.82) is 0 Å². The second-order valence-electron chi connectivity index (χ2n) is 1.64. The fourth-order valence-corrected chi connectivity index (χ4v) is 0.498. The molecule has 1 rings (SSSR count). The van der Waals surface area contributed by atoms with Crippen LogP contribution in [0.3, 0.4) is 0 Å². The zero-order chi connectivity index (χ0) is 15.3. The maximum atomic E-state index is 7.50. The number of likely N-dealkylation sites (N-methyl/N-ethyl adjacent to an activating group) is 1. The minimum atomic E-state index is 0. The molecule has 0 fully saturated rings. The summed E-state index contributed by atoms with van der Waals surface area (Å²) in [6, 6.07) is 0. The zero-order valence-corrected chi connectivity index (χ0v) is 10.9. The van der Waals surface area contributed by atoms with E-state index < -0.39 is 0 Å². The molecule has 0 aromatic heterocycles. The number of nitrogens with zero attached hydrogens (tertiary/aromatic N) is 2. The molecule has 0 N–H and O–H groups in total. The fraction of sp³-hybridized carbons (Fsp3) is 0.200. The summed E-state index contributed by atoms with van der Waals surface area (Å²) in [6.07, 6.45) is 4.00. The van der Waals surface area contributed by atoms with Gasteiger partial charge < -0.3 is 5.01 Å². The van der Waals surface area contributed by atoms with Gasteiger partial charge in [0.25, 0.3) is 0 Å². The molecule has 0 aromatic carbocycles. The van der Waals surface area contributed by atoms with Crippen LogP contribution in [0.15, 0.2) is 12.3 Å². The van der Waals surface area contributed by atoms with Crippen LogP contribution < -0.4 is 0 Å². The van der Waals surface area contributed by atoms with Crippen molar-refractivity contribution in [2.75, 3.05) is 14.1 Å². The molecule has 96 valence electrons. The zero-order valence-electron chi connectivity index (χ0n) is 9.58. The minimum Gasteiger partial charge on any atom is 0 e. The van der Waals surface area contributed by atoms with Crippen LogP contribution in [0, 0.1) is 39.8 Å². The fourth-order valence-electron chi connectivity index (χ4n) is 0.498. The van der Waals surface area contributed by atoms with Gasteiger partial charge in [0.1, 0.15) is 0 Å². The summed E-state index contributed by atoms with van der Waals surface area (Å²) in [5, 5.41) is 4.00. The molecule has 0 amide bonds. The van der Waals surface area contributed by atoms with Crippen LogP contribution in [-0.4, -0.2) is 24.1 Å². The van der Waals surface area contributed by atoms with E-state index in [-0.39, 0.29) is 17.4 Å². The van der Waals surface area contributed by atoms with Crippen molar-refractivity contribution in [1.82, 2.24) is 10.0 Å². The quantitative estimate of drug-likeness (QED) is 0.471. The van der Waals surface area contributed by atoms with Crippen molar-refractivity contribution in [2.24, 2.45) is 0 Å². The van der Waals surface area contributed by atoms with E-state index in [1.54, 1.807) is 0 Å². The molecule has 0 bridgehead atoms. The van der Waals surface area contributed by atoms with Gasteiger partial charge in [0, 0.05) is 24.4 Å².